The summed E-state index contributed by atoms with van der Waals surface area (Å²) in [4.78, 5) is 38.2. The van der Waals surface area contributed by atoms with E-state index in [4.69, 9.17) is 0 Å². The lowest BCUT2D eigenvalue weighted by molar-refractivity contribution is -0.892. The molecule has 2 aromatic carbocycles. The van der Waals surface area contributed by atoms with Crippen molar-refractivity contribution in [2.75, 3.05) is 42.9 Å². The number of hydrogen-bond donors (Lipinski definition) is 2. The first-order valence-electron chi connectivity index (χ1n) is 10.00. The van der Waals surface area contributed by atoms with E-state index in [0.29, 0.717) is 11.1 Å². The number of rotatable bonds is 6. The van der Waals surface area contributed by atoms with Crippen molar-refractivity contribution in [3.63, 3.8) is 0 Å². The van der Waals surface area contributed by atoms with Crippen LogP contribution in [0.4, 0.5) is 17.1 Å². The number of carbonyl (C=O) groups excluding carboxylic acids is 2. The molecule has 1 heterocycles. The molecule has 0 aromatic heterocycles. The third-order valence-corrected chi connectivity index (χ3v) is 5.70. The molecular formula is C22H27N4O4+. The summed E-state index contributed by atoms with van der Waals surface area (Å²) < 4.78 is 0. The normalized spacial score (nSPS) is 14.4. The van der Waals surface area contributed by atoms with Crippen molar-refractivity contribution >= 4 is 28.8 Å². The quantitative estimate of drug-likeness (QED) is 0.429. The second kappa shape index (κ2) is 9.04. The number of aryl methyl sites for hydroxylation is 1. The lowest BCUT2D eigenvalue weighted by Gasteiger charge is -2.33. The number of ketones is 1. The van der Waals surface area contributed by atoms with Gasteiger partial charge in [-0.15, -0.1) is 0 Å². The number of nitrogens with one attached hydrogen (secondary N) is 2. The van der Waals surface area contributed by atoms with Crippen LogP contribution in [0.15, 0.2) is 36.4 Å². The molecule has 0 radical (unpaired) electrons. The number of anilines is 2. The van der Waals surface area contributed by atoms with Crippen LogP contribution in [0.25, 0.3) is 0 Å². The summed E-state index contributed by atoms with van der Waals surface area (Å²) in [5, 5.41) is 14.1. The van der Waals surface area contributed by atoms with Gasteiger partial charge in [-0.25, -0.2) is 0 Å². The van der Waals surface area contributed by atoms with Crippen LogP contribution in [-0.2, 0) is 4.79 Å². The minimum absolute atomic E-state index is 0.0471. The summed E-state index contributed by atoms with van der Waals surface area (Å²) in [5.41, 5.74) is 3.57. The van der Waals surface area contributed by atoms with E-state index in [1.165, 1.54) is 6.07 Å². The molecule has 1 fully saturated rings. The Bertz CT molecular complexity index is 964. The molecule has 1 aliphatic heterocycles. The molecule has 158 valence electrons. The fourth-order valence-electron chi connectivity index (χ4n) is 3.69. The molecule has 0 spiro atoms. The zero-order chi connectivity index (χ0) is 21.8. The van der Waals surface area contributed by atoms with Crippen LogP contribution >= 0.6 is 0 Å². The molecule has 0 aliphatic carbocycles. The monoisotopic (exact) mass is 411 g/mol. The molecule has 8 nitrogen and oxygen atoms in total. The van der Waals surface area contributed by atoms with E-state index in [-0.39, 0.29) is 29.6 Å². The van der Waals surface area contributed by atoms with Crippen LogP contribution < -0.4 is 15.1 Å². The Kier molecular flexibility index (Phi) is 6.47. The highest BCUT2D eigenvalue weighted by Gasteiger charge is 2.25. The highest BCUT2D eigenvalue weighted by molar-refractivity contribution is 5.95. The third kappa shape index (κ3) is 4.83. The van der Waals surface area contributed by atoms with Gasteiger partial charge in [0.25, 0.3) is 11.6 Å². The van der Waals surface area contributed by atoms with Crippen LogP contribution in [-0.4, -0.2) is 49.3 Å². The molecule has 1 saturated heterocycles. The van der Waals surface area contributed by atoms with Gasteiger partial charge in [-0.2, -0.15) is 0 Å². The molecule has 3 rings (SSSR count). The van der Waals surface area contributed by atoms with Crippen LogP contribution in [0, 0.1) is 24.0 Å². The number of Topliss-reactive ketones (excluding diaryl/α,β-unsaturated/α-hetero) is 1. The highest BCUT2D eigenvalue weighted by atomic mass is 16.6. The summed E-state index contributed by atoms with van der Waals surface area (Å²) in [5.74, 6) is -0.174. The van der Waals surface area contributed by atoms with Gasteiger partial charge in [0.1, 0.15) is 5.69 Å². The number of carbonyl (C=O) groups is 2. The molecule has 8 heteroatoms. The van der Waals surface area contributed by atoms with Gasteiger partial charge in [-0.1, -0.05) is 6.07 Å². The molecule has 0 atom stereocenters. The van der Waals surface area contributed by atoms with E-state index in [0.717, 1.165) is 42.3 Å². The fourth-order valence-corrected chi connectivity index (χ4v) is 3.69. The van der Waals surface area contributed by atoms with Crippen molar-refractivity contribution in [3.05, 3.63) is 63.2 Å². The number of hydrogen-bond acceptors (Lipinski definition) is 5. The van der Waals surface area contributed by atoms with E-state index in [9.17, 15) is 19.7 Å². The number of benzene rings is 2. The summed E-state index contributed by atoms with van der Waals surface area (Å²) in [6, 6.07) is 10.7. The average Bonchev–Trinajstić information content (AvgIpc) is 2.72. The van der Waals surface area contributed by atoms with Crippen LogP contribution in [0.5, 0.6) is 0 Å². The summed E-state index contributed by atoms with van der Waals surface area (Å²) >= 11 is 0. The maximum Gasteiger partial charge on any atom is 0.293 e. The van der Waals surface area contributed by atoms with Crippen molar-refractivity contribution in [1.82, 2.24) is 0 Å². The van der Waals surface area contributed by atoms with Crippen molar-refractivity contribution < 1.29 is 19.4 Å². The van der Waals surface area contributed by atoms with Gasteiger partial charge in [0.15, 0.2) is 12.3 Å². The lowest BCUT2D eigenvalue weighted by atomic mass is 10.1. The Hall–Kier alpha value is -3.26. The number of nitro benzene ring substituents is 1. The van der Waals surface area contributed by atoms with Gasteiger partial charge in [0, 0.05) is 17.3 Å². The minimum atomic E-state index is -0.467. The first kappa shape index (κ1) is 21.4. The molecule has 1 aliphatic rings. The van der Waals surface area contributed by atoms with Gasteiger partial charge < -0.3 is 15.1 Å². The van der Waals surface area contributed by atoms with E-state index in [2.05, 4.69) is 10.2 Å². The van der Waals surface area contributed by atoms with Gasteiger partial charge in [-0.3, -0.25) is 19.7 Å². The molecule has 1 amide bonds. The van der Waals surface area contributed by atoms with Crippen molar-refractivity contribution in [3.8, 4) is 0 Å². The summed E-state index contributed by atoms with van der Waals surface area (Å²) in [7, 11) is 0. The molecule has 2 N–H and O–H groups in total. The van der Waals surface area contributed by atoms with Gasteiger partial charge >= 0.3 is 0 Å². The standard InChI is InChI=1S/C22H26N4O4/c1-15-4-9-20(26(29)30)22(16(15)2)23-21(28)14-24-10-12-25(13-11-24)19-7-5-18(6-8-19)17(3)27/h4-9H,10-14H2,1-3H3,(H,23,28)/p+1. The molecule has 0 saturated carbocycles. The van der Waals surface area contributed by atoms with Crippen LogP contribution in [0.2, 0.25) is 0 Å². The third-order valence-electron chi connectivity index (χ3n) is 5.70. The lowest BCUT2D eigenvalue weighted by Crippen LogP contribution is -3.15. The Morgan fingerprint density at radius 2 is 1.73 bits per heavy atom. The number of quaternary nitrogens is 1. The van der Waals surface area contributed by atoms with Gasteiger partial charge in [0.05, 0.1) is 31.1 Å². The zero-order valence-electron chi connectivity index (χ0n) is 17.5. The molecular weight excluding hydrogens is 384 g/mol. The van der Waals surface area contributed by atoms with Crippen LogP contribution in [0.3, 0.4) is 0 Å². The van der Waals surface area contributed by atoms with Crippen molar-refractivity contribution in [1.29, 1.82) is 0 Å². The average molecular weight is 411 g/mol. The molecule has 30 heavy (non-hydrogen) atoms. The maximum absolute atomic E-state index is 12.6. The first-order chi connectivity index (χ1) is 14.3. The second-order valence-corrected chi connectivity index (χ2v) is 7.72. The highest BCUT2D eigenvalue weighted by Crippen LogP contribution is 2.30. The predicted molar refractivity (Wildman–Crippen MR) is 115 cm³/mol. The molecule has 0 unspecified atom stereocenters. The first-order valence-corrected chi connectivity index (χ1v) is 10.00. The van der Waals surface area contributed by atoms with Gasteiger partial charge in [0.2, 0.25) is 0 Å². The van der Waals surface area contributed by atoms with E-state index in [1.54, 1.807) is 19.9 Å². The Labute approximate surface area is 175 Å². The Balaban J connectivity index is 1.58. The smallest absolute Gasteiger partial charge is 0.293 e. The molecule has 0 bridgehead atoms. The Morgan fingerprint density at radius 3 is 2.30 bits per heavy atom. The van der Waals surface area contributed by atoms with E-state index >= 15 is 0 Å². The second-order valence-electron chi connectivity index (χ2n) is 7.72. The Morgan fingerprint density at radius 1 is 1.10 bits per heavy atom. The SMILES string of the molecule is CC(=O)c1ccc(N2CC[NH+](CC(=O)Nc3c([N+](=O)[O-])ccc(C)c3C)CC2)cc1. The predicted octanol–water partition coefficient (Wildman–Crippen LogP) is 1.76. The van der Waals surface area contributed by atoms with Crippen molar-refractivity contribution in [2.24, 2.45) is 0 Å². The number of nitro groups is 1. The minimum Gasteiger partial charge on any atom is -0.360 e. The largest absolute Gasteiger partial charge is 0.360 e. The van der Waals surface area contributed by atoms with Crippen molar-refractivity contribution in [2.45, 2.75) is 20.8 Å². The summed E-state index contributed by atoms with van der Waals surface area (Å²) in [6.07, 6.45) is 0. The topological polar surface area (TPSA) is 97.0 Å². The summed E-state index contributed by atoms with van der Waals surface area (Å²) in [6.45, 7) is 8.63. The van der Waals surface area contributed by atoms with Gasteiger partial charge in [-0.05, 0) is 56.2 Å². The zero-order valence-corrected chi connectivity index (χ0v) is 17.5. The van der Waals surface area contributed by atoms with E-state index < -0.39 is 4.92 Å². The molecule has 2 aromatic rings. The maximum atomic E-state index is 12.6. The number of piperazine rings is 1. The van der Waals surface area contributed by atoms with E-state index in [1.807, 2.05) is 31.2 Å². The fraction of sp³-hybridized carbons (Fsp3) is 0.364. The number of nitrogens with zero attached hydrogens (tertiary/aromatic N) is 2. The van der Waals surface area contributed by atoms with Crippen LogP contribution in [0.1, 0.15) is 28.4 Å². The number of amides is 1.